The van der Waals surface area contributed by atoms with Crippen LogP contribution in [0.4, 0.5) is 17.6 Å². The molecule has 1 saturated heterocycles. The van der Waals surface area contributed by atoms with Crippen LogP contribution in [0.15, 0.2) is 71.8 Å². The molecular weight excluding hydrogens is 516 g/mol. The Bertz CT molecular complexity index is 1890. The molecule has 4 aromatic heterocycles. The Balaban J connectivity index is 1.31. The van der Waals surface area contributed by atoms with E-state index in [9.17, 15) is 20.1 Å². The summed E-state index contributed by atoms with van der Waals surface area (Å²) in [6, 6.07) is 17.7. The van der Waals surface area contributed by atoms with Crippen LogP contribution in [0.25, 0.3) is 38.7 Å². The number of fused-ring (bicyclic) bond motifs is 4. The van der Waals surface area contributed by atoms with Gasteiger partial charge in [-0.25, -0.2) is 4.98 Å². The van der Waals surface area contributed by atoms with E-state index in [1.165, 1.54) is 4.57 Å². The molecule has 0 spiro atoms. The number of nitrogens with one attached hydrogen (secondary N) is 2. The van der Waals surface area contributed by atoms with Crippen molar-refractivity contribution in [2.75, 3.05) is 17.7 Å². The molecule has 1 aliphatic heterocycles. The van der Waals surface area contributed by atoms with E-state index in [1.54, 1.807) is 6.20 Å². The number of aromatic nitrogens is 6. The van der Waals surface area contributed by atoms with Crippen LogP contribution in [0, 0.1) is 0 Å². The summed E-state index contributed by atoms with van der Waals surface area (Å²) in [6.07, 6.45) is -1.41. The Hall–Kier alpha value is -4.82. The van der Waals surface area contributed by atoms with Gasteiger partial charge in [-0.3, -0.25) is 19.3 Å². The molecule has 6 aromatic rings. The number of aromatic amines is 1. The summed E-state index contributed by atoms with van der Waals surface area (Å²) < 4.78 is 9.21. The number of anilines is 3. The molecule has 13 heteroatoms. The van der Waals surface area contributed by atoms with E-state index in [0.29, 0.717) is 5.69 Å². The second-order valence-corrected chi connectivity index (χ2v) is 9.57. The molecule has 40 heavy (non-hydrogen) atoms. The van der Waals surface area contributed by atoms with Crippen LogP contribution in [0.3, 0.4) is 0 Å². The van der Waals surface area contributed by atoms with Crippen LogP contribution < -0.4 is 16.6 Å². The number of nitrogens with two attached hydrogens (primary N) is 1. The van der Waals surface area contributed by atoms with Crippen molar-refractivity contribution in [3.63, 3.8) is 0 Å². The summed E-state index contributed by atoms with van der Waals surface area (Å²) in [6.45, 7) is -0.514. The molecule has 0 radical (unpaired) electrons. The fraction of sp³-hybridized carbons (Fsp3) is 0.185. The van der Waals surface area contributed by atoms with Gasteiger partial charge in [-0.05, 0) is 36.4 Å². The molecule has 5 heterocycles. The molecule has 0 saturated carbocycles. The summed E-state index contributed by atoms with van der Waals surface area (Å²) in [7, 11) is 0. The normalized spacial score (nSPS) is 21.1. The smallest absolute Gasteiger partial charge is 0.280 e. The van der Waals surface area contributed by atoms with Gasteiger partial charge in [0.25, 0.3) is 5.56 Å². The zero-order valence-corrected chi connectivity index (χ0v) is 20.8. The van der Waals surface area contributed by atoms with Crippen LogP contribution in [-0.4, -0.2) is 69.3 Å². The maximum Gasteiger partial charge on any atom is 0.280 e. The van der Waals surface area contributed by atoms with Gasteiger partial charge in [0.1, 0.15) is 18.3 Å². The molecule has 1 fully saturated rings. The van der Waals surface area contributed by atoms with E-state index >= 15 is 0 Å². The quantitative estimate of drug-likeness (QED) is 0.187. The highest BCUT2D eigenvalue weighted by molar-refractivity contribution is 6.08. The first-order chi connectivity index (χ1) is 19.4. The molecule has 0 aliphatic carbocycles. The summed E-state index contributed by atoms with van der Waals surface area (Å²) in [5.41, 5.74) is 8.76. The first-order valence-electron chi connectivity index (χ1n) is 12.6. The van der Waals surface area contributed by atoms with Gasteiger partial charge in [0.15, 0.2) is 17.4 Å². The van der Waals surface area contributed by atoms with Crippen molar-refractivity contribution in [3.05, 3.63) is 77.3 Å². The van der Waals surface area contributed by atoms with E-state index in [-0.39, 0.29) is 23.1 Å². The lowest BCUT2D eigenvalue weighted by molar-refractivity contribution is -0.0501. The number of para-hydroxylation sites is 1. The van der Waals surface area contributed by atoms with Crippen LogP contribution in [0.2, 0.25) is 0 Å². The number of pyridine rings is 1. The molecule has 0 bridgehead atoms. The number of H-pyrrole nitrogens is 1. The number of aliphatic hydroxyl groups is 3. The van der Waals surface area contributed by atoms with Gasteiger partial charge >= 0.3 is 0 Å². The lowest BCUT2D eigenvalue weighted by atomic mass is 10.1. The predicted molar refractivity (Wildman–Crippen MR) is 147 cm³/mol. The highest BCUT2D eigenvalue weighted by atomic mass is 16.6. The van der Waals surface area contributed by atoms with Gasteiger partial charge < -0.3 is 35.7 Å². The zero-order chi connectivity index (χ0) is 27.5. The Morgan fingerprint density at radius 1 is 1.00 bits per heavy atom. The second kappa shape index (κ2) is 9.14. The molecule has 7 N–H and O–H groups in total. The average molecular weight is 541 g/mol. The summed E-state index contributed by atoms with van der Waals surface area (Å²) in [5.74, 6) is -0.0239. The molecule has 0 amide bonds. The fourth-order valence-corrected chi connectivity index (χ4v) is 5.34. The maximum absolute atomic E-state index is 12.6. The van der Waals surface area contributed by atoms with Gasteiger partial charge in [-0.2, -0.15) is 4.98 Å². The monoisotopic (exact) mass is 540 g/mol. The SMILES string of the molecule is Nc1nc2c(nc(Nc3ccc(-n4c5ccccc5c5ccncc54)cc3)n2[C@@H]2O[C@H](CO)[C@@H](O)[C@H]2O)c(=O)[nH]1. The minimum Gasteiger partial charge on any atom is -0.394 e. The Morgan fingerprint density at radius 2 is 1.77 bits per heavy atom. The molecule has 4 atom stereocenters. The molecule has 2 aromatic carbocycles. The number of aliphatic hydroxyl groups excluding tert-OH is 3. The van der Waals surface area contributed by atoms with Crippen molar-refractivity contribution < 1.29 is 20.1 Å². The van der Waals surface area contributed by atoms with Gasteiger partial charge in [0, 0.05) is 28.3 Å². The van der Waals surface area contributed by atoms with Crippen LogP contribution in [0.1, 0.15) is 6.23 Å². The number of nitrogens with zero attached hydrogens (tertiary/aromatic N) is 5. The predicted octanol–water partition coefficient (Wildman–Crippen LogP) is 1.55. The standard InChI is InChI=1S/C27H24N8O5/c28-26-32-23-20(24(39)33-26)31-27(35(23)25-22(38)21(37)19(12-36)40-25)30-13-5-7-14(8-6-13)34-17-4-2-1-3-15(17)16-9-10-29-11-18(16)34/h1-11,19,21-22,25,36-38H,12H2,(H,30,31)(H3,28,32,33,39)/t19-,21-,22-,25-/m1/s1. The number of nitrogen functional groups attached to an aromatic ring is 1. The van der Waals surface area contributed by atoms with Crippen molar-refractivity contribution in [1.29, 1.82) is 0 Å². The van der Waals surface area contributed by atoms with Gasteiger partial charge in [0.2, 0.25) is 11.9 Å². The zero-order valence-electron chi connectivity index (χ0n) is 20.8. The summed E-state index contributed by atoms with van der Waals surface area (Å²) >= 11 is 0. The van der Waals surface area contributed by atoms with E-state index in [1.807, 2.05) is 48.7 Å². The van der Waals surface area contributed by atoms with E-state index in [4.69, 9.17) is 10.5 Å². The third-order valence-electron chi connectivity index (χ3n) is 7.20. The minimum absolute atomic E-state index is 0.0381. The molecule has 13 nitrogen and oxygen atoms in total. The number of rotatable bonds is 5. The highest BCUT2D eigenvalue weighted by Crippen LogP contribution is 2.35. The third-order valence-corrected chi connectivity index (χ3v) is 7.20. The number of ether oxygens (including phenoxy) is 1. The number of hydrogen-bond acceptors (Lipinski definition) is 10. The topological polar surface area (TPSA) is 189 Å². The Labute approximate surface area is 225 Å². The van der Waals surface area contributed by atoms with Crippen molar-refractivity contribution in [1.82, 2.24) is 29.1 Å². The van der Waals surface area contributed by atoms with Crippen molar-refractivity contribution in [2.24, 2.45) is 0 Å². The maximum atomic E-state index is 12.6. The van der Waals surface area contributed by atoms with E-state index < -0.39 is 36.7 Å². The van der Waals surface area contributed by atoms with E-state index in [2.05, 4.69) is 42.0 Å². The first kappa shape index (κ1) is 24.2. The van der Waals surface area contributed by atoms with Crippen LogP contribution in [-0.2, 0) is 4.74 Å². The van der Waals surface area contributed by atoms with Crippen molar-refractivity contribution >= 4 is 50.6 Å². The Kier molecular flexibility index (Phi) is 5.54. The minimum atomic E-state index is -1.43. The van der Waals surface area contributed by atoms with E-state index in [0.717, 1.165) is 27.5 Å². The number of imidazole rings is 1. The lowest BCUT2D eigenvalue weighted by Crippen LogP contribution is -2.33. The first-order valence-corrected chi connectivity index (χ1v) is 12.6. The molecular formula is C27H24N8O5. The van der Waals surface area contributed by atoms with Crippen molar-refractivity contribution in [3.8, 4) is 5.69 Å². The lowest BCUT2D eigenvalue weighted by Gasteiger charge is -2.20. The van der Waals surface area contributed by atoms with Gasteiger partial charge in [-0.15, -0.1) is 0 Å². The number of benzene rings is 2. The van der Waals surface area contributed by atoms with Crippen molar-refractivity contribution in [2.45, 2.75) is 24.5 Å². The van der Waals surface area contributed by atoms with Crippen LogP contribution >= 0.6 is 0 Å². The number of hydrogen-bond donors (Lipinski definition) is 6. The molecule has 202 valence electrons. The van der Waals surface area contributed by atoms with Gasteiger partial charge in [-0.1, -0.05) is 18.2 Å². The average Bonchev–Trinajstić information content (AvgIpc) is 3.58. The molecule has 0 unspecified atom stereocenters. The van der Waals surface area contributed by atoms with Crippen LogP contribution in [0.5, 0.6) is 0 Å². The fourth-order valence-electron chi connectivity index (χ4n) is 5.34. The molecule has 7 rings (SSSR count). The third kappa shape index (κ3) is 3.64. The largest absolute Gasteiger partial charge is 0.394 e. The van der Waals surface area contributed by atoms with Gasteiger partial charge in [0.05, 0.1) is 23.8 Å². The Morgan fingerprint density at radius 3 is 2.55 bits per heavy atom. The second-order valence-electron chi connectivity index (χ2n) is 9.57. The molecule has 1 aliphatic rings. The highest BCUT2D eigenvalue weighted by Gasteiger charge is 2.45. The summed E-state index contributed by atoms with van der Waals surface area (Å²) in [4.78, 5) is 27.9. The summed E-state index contributed by atoms with van der Waals surface area (Å²) in [5, 5.41) is 36.0.